The number of hydrogen-bond donors (Lipinski definition) is 0. The first-order valence-electron chi connectivity index (χ1n) is 3.81. The fourth-order valence-corrected chi connectivity index (χ4v) is 5.03. The Morgan fingerprint density at radius 2 is 1.00 bits per heavy atom. The van der Waals surface area contributed by atoms with Gasteiger partial charge in [-0.05, 0) is 0 Å². The van der Waals surface area contributed by atoms with Crippen molar-refractivity contribution in [3.05, 3.63) is 8.73 Å². The molecule has 0 heterocycles. The van der Waals surface area contributed by atoms with Gasteiger partial charge in [-0.3, -0.25) is 0 Å². The molecule has 0 bridgehead atoms. The summed E-state index contributed by atoms with van der Waals surface area (Å²) >= 11 is 21.3. The maximum absolute atomic E-state index is 11.4. The van der Waals surface area contributed by atoms with E-state index in [-0.39, 0.29) is 11.8 Å². The smallest absolute Gasteiger partial charge is 0.192 e. The number of hydrogen-bond acceptors (Lipinski definition) is 4. The average Bonchev–Trinajstić information content (AvgIpc) is 2.15. The van der Waals surface area contributed by atoms with Gasteiger partial charge in [0.15, 0.2) is 28.4 Å². The highest BCUT2D eigenvalue weighted by Crippen LogP contribution is 2.26. The van der Waals surface area contributed by atoms with Crippen LogP contribution < -0.4 is 0 Å². The van der Waals surface area contributed by atoms with E-state index in [1.807, 2.05) is 0 Å². The van der Waals surface area contributed by atoms with E-state index < -0.39 is 39.9 Å². The van der Waals surface area contributed by atoms with Crippen LogP contribution in [-0.2, 0) is 19.7 Å². The summed E-state index contributed by atoms with van der Waals surface area (Å²) in [6.07, 6.45) is 0. The second-order valence-electron chi connectivity index (χ2n) is 2.56. The van der Waals surface area contributed by atoms with Crippen LogP contribution in [0.2, 0.25) is 0 Å². The Labute approximate surface area is 114 Å². The molecule has 0 unspecified atom stereocenters. The first-order chi connectivity index (χ1) is 7.19. The lowest BCUT2D eigenvalue weighted by atomic mass is 11.0. The molecular formula is C6H8Cl4O4S2. The van der Waals surface area contributed by atoms with Gasteiger partial charge in [0.1, 0.15) is 0 Å². The standard InChI is InChI=1S/C6H8Cl4O4S2/c7-1-3-15(11,12)5(9)6(10)16(13,14)4-2-8/h1-4H2. The maximum atomic E-state index is 11.4. The Hall–Kier alpha value is 0.800. The second kappa shape index (κ2) is 6.66. The first kappa shape index (κ1) is 16.8. The van der Waals surface area contributed by atoms with E-state index in [0.717, 1.165) is 0 Å². The minimum atomic E-state index is -3.95. The number of halogens is 4. The number of sulfone groups is 2. The molecule has 0 saturated heterocycles. The molecule has 0 aromatic heterocycles. The molecule has 4 nitrogen and oxygen atoms in total. The monoisotopic (exact) mass is 348 g/mol. The predicted molar refractivity (Wildman–Crippen MR) is 67.7 cm³/mol. The highest BCUT2D eigenvalue weighted by Gasteiger charge is 2.26. The third-order valence-corrected chi connectivity index (χ3v) is 7.44. The van der Waals surface area contributed by atoms with Crippen molar-refractivity contribution in [1.82, 2.24) is 0 Å². The van der Waals surface area contributed by atoms with Crippen LogP contribution in [0.4, 0.5) is 0 Å². The van der Waals surface area contributed by atoms with Gasteiger partial charge in [0.2, 0.25) is 0 Å². The number of rotatable bonds is 6. The third-order valence-electron chi connectivity index (χ3n) is 1.39. The summed E-state index contributed by atoms with van der Waals surface area (Å²) in [5, 5.41) is 0. The van der Waals surface area contributed by atoms with Crippen molar-refractivity contribution in [2.24, 2.45) is 0 Å². The van der Waals surface area contributed by atoms with Crippen molar-refractivity contribution in [2.45, 2.75) is 0 Å². The van der Waals surface area contributed by atoms with E-state index in [1.54, 1.807) is 0 Å². The summed E-state index contributed by atoms with van der Waals surface area (Å²) in [6, 6.07) is 0. The molecule has 96 valence electrons. The third kappa shape index (κ3) is 4.58. The average molecular weight is 350 g/mol. The van der Waals surface area contributed by atoms with Gasteiger partial charge < -0.3 is 0 Å². The molecular weight excluding hydrogens is 342 g/mol. The first-order valence-corrected chi connectivity index (χ1v) is 8.94. The van der Waals surface area contributed by atoms with Gasteiger partial charge in [0.25, 0.3) is 0 Å². The second-order valence-corrected chi connectivity index (χ2v) is 8.62. The predicted octanol–water partition coefficient (Wildman–Crippen LogP) is 1.90. The molecule has 0 aromatic carbocycles. The molecule has 0 aliphatic heterocycles. The van der Waals surface area contributed by atoms with E-state index >= 15 is 0 Å². The Bertz CT molecular complexity index is 421. The zero-order valence-electron chi connectivity index (χ0n) is 7.79. The lowest BCUT2D eigenvalue weighted by molar-refractivity contribution is 0.600. The molecule has 0 atom stereocenters. The van der Waals surface area contributed by atoms with E-state index in [1.165, 1.54) is 0 Å². The van der Waals surface area contributed by atoms with Gasteiger partial charge in [-0.1, -0.05) is 23.2 Å². The molecule has 16 heavy (non-hydrogen) atoms. The normalized spacial score (nSPS) is 14.8. The van der Waals surface area contributed by atoms with Gasteiger partial charge in [-0.2, -0.15) is 0 Å². The van der Waals surface area contributed by atoms with Crippen LogP contribution >= 0.6 is 46.4 Å². The van der Waals surface area contributed by atoms with Gasteiger partial charge >= 0.3 is 0 Å². The van der Waals surface area contributed by atoms with E-state index in [0.29, 0.717) is 0 Å². The van der Waals surface area contributed by atoms with Gasteiger partial charge in [-0.25, -0.2) is 16.8 Å². The quantitative estimate of drug-likeness (QED) is 0.687. The van der Waals surface area contributed by atoms with Crippen molar-refractivity contribution in [2.75, 3.05) is 23.3 Å². The minimum absolute atomic E-state index is 0.210. The van der Waals surface area contributed by atoms with E-state index in [2.05, 4.69) is 0 Å². The molecule has 0 amide bonds. The number of alkyl halides is 2. The topological polar surface area (TPSA) is 68.3 Å². The summed E-state index contributed by atoms with van der Waals surface area (Å²) < 4.78 is 43.6. The van der Waals surface area contributed by atoms with Crippen LogP contribution in [0.1, 0.15) is 0 Å². The molecule has 0 fully saturated rings. The minimum Gasteiger partial charge on any atom is -0.223 e. The summed E-state index contributed by atoms with van der Waals surface area (Å²) in [7, 11) is -7.90. The SMILES string of the molecule is O=S(=O)(CCCl)C(Cl)=C(Cl)S(=O)(=O)CCCl. The van der Waals surface area contributed by atoms with Crippen molar-refractivity contribution in [3.63, 3.8) is 0 Å². The van der Waals surface area contributed by atoms with Crippen molar-refractivity contribution >= 4 is 66.1 Å². The van der Waals surface area contributed by atoms with Crippen LogP contribution in [0.5, 0.6) is 0 Å². The van der Waals surface area contributed by atoms with Crippen LogP contribution in [0.3, 0.4) is 0 Å². The Kier molecular flexibility index (Phi) is 6.99. The van der Waals surface area contributed by atoms with Crippen molar-refractivity contribution < 1.29 is 16.8 Å². The summed E-state index contributed by atoms with van der Waals surface area (Å²) in [5.74, 6) is -1.39. The highest BCUT2D eigenvalue weighted by molar-refractivity contribution is 8.01. The summed E-state index contributed by atoms with van der Waals surface area (Å²) in [5.41, 5.74) is 0. The molecule has 0 radical (unpaired) electrons. The molecule has 0 aliphatic carbocycles. The largest absolute Gasteiger partial charge is 0.223 e. The van der Waals surface area contributed by atoms with Gasteiger partial charge in [-0.15, -0.1) is 23.2 Å². The molecule has 0 aromatic rings. The maximum Gasteiger partial charge on any atom is 0.192 e. The van der Waals surface area contributed by atoms with Gasteiger partial charge in [0, 0.05) is 11.8 Å². The summed E-state index contributed by atoms with van der Waals surface area (Å²) in [4.78, 5) is 0. The zero-order valence-corrected chi connectivity index (χ0v) is 12.4. The fourth-order valence-electron chi connectivity index (χ4n) is 0.627. The Balaban J connectivity index is 5.44. The molecule has 0 aliphatic rings. The molecule has 0 spiro atoms. The molecule has 10 heteroatoms. The molecule has 0 saturated carbocycles. The van der Waals surface area contributed by atoms with Gasteiger partial charge in [0.05, 0.1) is 11.5 Å². The van der Waals surface area contributed by atoms with Crippen LogP contribution in [0.25, 0.3) is 0 Å². The lowest BCUT2D eigenvalue weighted by Gasteiger charge is -2.04. The van der Waals surface area contributed by atoms with Crippen LogP contribution in [0.15, 0.2) is 8.73 Å². The van der Waals surface area contributed by atoms with E-state index in [9.17, 15) is 16.8 Å². The van der Waals surface area contributed by atoms with Crippen LogP contribution in [0, 0.1) is 0 Å². The molecule has 0 rings (SSSR count). The lowest BCUT2D eigenvalue weighted by Crippen LogP contribution is -2.14. The van der Waals surface area contributed by atoms with Crippen molar-refractivity contribution in [3.8, 4) is 0 Å². The fraction of sp³-hybridized carbons (Fsp3) is 0.667. The Morgan fingerprint density at radius 3 is 1.19 bits per heavy atom. The molecule has 0 N–H and O–H groups in total. The highest BCUT2D eigenvalue weighted by atomic mass is 35.5. The van der Waals surface area contributed by atoms with Crippen LogP contribution in [-0.4, -0.2) is 40.1 Å². The zero-order chi connectivity index (χ0) is 13.0. The summed E-state index contributed by atoms with van der Waals surface area (Å²) in [6.45, 7) is 0. The Morgan fingerprint density at radius 1 is 0.750 bits per heavy atom. The van der Waals surface area contributed by atoms with E-state index in [4.69, 9.17) is 46.4 Å². The van der Waals surface area contributed by atoms with Crippen molar-refractivity contribution in [1.29, 1.82) is 0 Å².